The van der Waals surface area contributed by atoms with Crippen LogP contribution in [0.2, 0.25) is 0 Å². The van der Waals surface area contributed by atoms with Gasteiger partial charge in [0.15, 0.2) is 10.8 Å². The Morgan fingerprint density at radius 1 is 1.24 bits per heavy atom. The number of carbonyl (C=O) groups is 1. The van der Waals surface area contributed by atoms with E-state index in [-0.39, 0.29) is 11.9 Å². The topological polar surface area (TPSA) is 64.4 Å². The van der Waals surface area contributed by atoms with Gasteiger partial charge in [0.1, 0.15) is 16.4 Å². The van der Waals surface area contributed by atoms with Crippen molar-refractivity contribution in [2.24, 2.45) is 0 Å². The summed E-state index contributed by atoms with van der Waals surface area (Å²) in [5.74, 6) is 2.26. The maximum atomic E-state index is 12.8. The summed E-state index contributed by atoms with van der Waals surface area (Å²) in [6.07, 6.45) is 0.755. The van der Waals surface area contributed by atoms with E-state index in [0.717, 1.165) is 28.5 Å². The molecule has 4 rings (SSSR count). The number of benzene rings is 1. The van der Waals surface area contributed by atoms with Crippen LogP contribution in [0.25, 0.3) is 10.8 Å². The van der Waals surface area contributed by atoms with Gasteiger partial charge in [0.25, 0.3) is 5.91 Å². The monoisotopic (exact) mass is 354 g/mol. The Bertz CT molecular complexity index is 928. The van der Waals surface area contributed by atoms with E-state index in [1.165, 1.54) is 11.3 Å². The number of thiazole rings is 1. The molecule has 1 aromatic carbocycles. The molecule has 1 atom stereocenters. The third-order valence-electron chi connectivity index (χ3n) is 4.22. The quantitative estimate of drug-likeness (QED) is 0.763. The highest BCUT2D eigenvalue weighted by atomic mass is 32.1. The molecule has 6 heteroatoms. The van der Waals surface area contributed by atoms with Crippen molar-refractivity contribution in [3.8, 4) is 16.5 Å². The molecule has 1 unspecified atom stereocenters. The number of nitrogens with zero attached hydrogens (tertiary/aromatic N) is 1. The third-order valence-corrected chi connectivity index (χ3v) is 5.39. The molecule has 5 nitrogen and oxygen atoms in total. The lowest BCUT2D eigenvalue weighted by atomic mass is 10.0. The molecule has 3 heterocycles. The molecule has 0 saturated heterocycles. The number of aryl methyl sites for hydroxylation is 2. The zero-order valence-electron chi connectivity index (χ0n) is 14.0. The molecule has 25 heavy (non-hydrogen) atoms. The minimum atomic E-state index is -0.105. The Morgan fingerprint density at radius 2 is 2.08 bits per heavy atom. The molecule has 0 bridgehead atoms. The summed E-state index contributed by atoms with van der Waals surface area (Å²) in [4.78, 5) is 17.9. The minimum Gasteiger partial charge on any atom is -0.493 e. The number of ether oxygens (including phenoxy) is 1. The standard InChI is InChI=1S/C19H18N2O3S/c1-11-7-8-16(24-11)19-20-12(2)17(25-19)18(22)21-14-9-10-23-15-6-4-3-5-13(14)15/h3-8,14H,9-10H2,1-2H3,(H,21,22). The predicted octanol–water partition coefficient (Wildman–Crippen LogP) is 4.27. The zero-order chi connectivity index (χ0) is 17.4. The van der Waals surface area contributed by atoms with E-state index < -0.39 is 0 Å². The van der Waals surface area contributed by atoms with Crippen LogP contribution in [0.5, 0.6) is 5.75 Å². The molecule has 1 aliphatic heterocycles. The SMILES string of the molecule is Cc1ccc(-c2nc(C)c(C(=O)NC3CCOc4ccccc43)s2)o1. The Morgan fingerprint density at radius 3 is 2.88 bits per heavy atom. The molecule has 0 fully saturated rings. The van der Waals surface area contributed by atoms with E-state index >= 15 is 0 Å². The molecule has 3 aromatic rings. The van der Waals surface area contributed by atoms with Crippen LogP contribution in [0.3, 0.4) is 0 Å². The summed E-state index contributed by atoms with van der Waals surface area (Å²) >= 11 is 1.36. The lowest BCUT2D eigenvalue weighted by Gasteiger charge is -2.26. The van der Waals surface area contributed by atoms with Gasteiger partial charge < -0.3 is 14.5 Å². The summed E-state index contributed by atoms with van der Waals surface area (Å²) in [6, 6.07) is 11.6. The van der Waals surface area contributed by atoms with Gasteiger partial charge in [0.2, 0.25) is 0 Å². The molecular formula is C19H18N2O3S. The van der Waals surface area contributed by atoms with Gasteiger partial charge in [-0.2, -0.15) is 0 Å². The van der Waals surface area contributed by atoms with E-state index in [2.05, 4.69) is 10.3 Å². The van der Waals surface area contributed by atoms with E-state index in [4.69, 9.17) is 9.15 Å². The molecule has 0 spiro atoms. The average molecular weight is 354 g/mol. The van der Waals surface area contributed by atoms with Crippen molar-refractivity contribution < 1.29 is 13.9 Å². The van der Waals surface area contributed by atoms with Crippen LogP contribution in [0.15, 0.2) is 40.8 Å². The average Bonchev–Trinajstić information content (AvgIpc) is 3.21. The van der Waals surface area contributed by atoms with Gasteiger partial charge in [-0.15, -0.1) is 11.3 Å². The number of carbonyl (C=O) groups excluding carboxylic acids is 1. The number of furan rings is 1. The van der Waals surface area contributed by atoms with Crippen LogP contribution in [-0.2, 0) is 0 Å². The Labute approximate surface area is 149 Å². The number of amides is 1. The van der Waals surface area contributed by atoms with Crippen LogP contribution in [-0.4, -0.2) is 17.5 Å². The van der Waals surface area contributed by atoms with Gasteiger partial charge in [-0.05, 0) is 32.0 Å². The van der Waals surface area contributed by atoms with Gasteiger partial charge in [-0.25, -0.2) is 4.98 Å². The molecule has 1 N–H and O–H groups in total. The highest BCUT2D eigenvalue weighted by molar-refractivity contribution is 7.17. The van der Waals surface area contributed by atoms with E-state index in [0.29, 0.717) is 22.9 Å². The van der Waals surface area contributed by atoms with Gasteiger partial charge in [0.05, 0.1) is 18.3 Å². The second kappa shape index (κ2) is 6.37. The number of rotatable bonds is 3. The summed E-state index contributed by atoms with van der Waals surface area (Å²) < 4.78 is 11.3. The maximum absolute atomic E-state index is 12.8. The predicted molar refractivity (Wildman–Crippen MR) is 96.1 cm³/mol. The van der Waals surface area contributed by atoms with Crippen LogP contribution < -0.4 is 10.1 Å². The van der Waals surface area contributed by atoms with Crippen molar-refractivity contribution in [3.63, 3.8) is 0 Å². The van der Waals surface area contributed by atoms with Crippen molar-refractivity contribution >= 4 is 17.2 Å². The molecule has 0 aliphatic carbocycles. The number of nitrogens with one attached hydrogen (secondary N) is 1. The highest BCUT2D eigenvalue weighted by Crippen LogP contribution is 2.33. The Balaban J connectivity index is 1.57. The van der Waals surface area contributed by atoms with Crippen molar-refractivity contribution in [2.45, 2.75) is 26.3 Å². The second-order valence-corrected chi connectivity index (χ2v) is 7.04. The number of aromatic nitrogens is 1. The summed E-state index contributed by atoms with van der Waals surface area (Å²) in [5, 5.41) is 3.85. The van der Waals surface area contributed by atoms with Gasteiger partial charge in [-0.3, -0.25) is 4.79 Å². The van der Waals surface area contributed by atoms with E-state index in [1.807, 2.05) is 50.2 Å². The minimum absolute atomic E-state index is 0.0479. The summed E-state index contributed by atoms with van der Waals surface area (Å²) in [6.45, 7) is 4.34. The number of para-hydroxylation sites is 1. The fourth-order valence-electron chi connectivity index (χ4n) is 2.98. The second-order valence-electron chi connectivity index (χ2n) is 6.04. The van der Waals surface area contributed by atoms with Crippen LogP contribution in [0.4, 0.5) is 0 Å². The number of fused-ring (bicyclic) bond motifs is 1. The van der Waals surface area contributed by atoms with Crippen molar-refractivity contribution in [2.75, 3.05) is 6.61 Å². The first kappa shape index (κ1) is 15.9. The molecular weight excluding hydrogens is 336 g/mol. The van der Waals surface area contributed by atoms with E-state index in [9.17, 15) is 4.79 Å². The first-order chi connectivity index (χ1) is 12.1. The van der Waals surface area contributed by atoms with Crippen LogP contribution in [0, 0.1) is 13.8 Å². The summed E-state index contributed by atoms with van der Waals surface area (Å²) in [5.41, 5.74) is 1.73. The lowest BCUT2D eigenvalue weighted by Crippen LogP contribution is -2.32. The zero-order valence-corrected chi connectivity index (χ0v) is 14.9. The molecule has 0 radical (unpaired) electrons. The summed E-state index contributed by atoms with van der Waals surface area (Å²) in [7, 11) is 0. The first-order valence-electron chi connectivity index (χ1n) is 8.18. The van der Waals surface area contributed by atoms with Crippen molar-refractivity contribution in [1.82, 2.24) is 10.3 Å². The molecule has 2 aromatic heterocycles. The molecule has 128 valence electrons. The van der Waals surface area contributed by atoms with Crippen molar-refractivity contribution in [3.05, 3.63) is 58.3 Å². The van der Waals surface area contributed by atoms with Crippen LogP contribution >= 0.6 is 11.3 Å². The number of hydrogen-bond acceptors (Lipinski definition) is 5. The fraction of sp³-hybridized carbons (Fsp3) is 0.263. The smallest absolute Gasteiger partial charge is 0.263 e. The van der Waals surface area contributed by atoms with Crippen LogP contribution in [0.1, 0.15) is 39.2 Å². The molecule has 1 amide bonds. The van der Waals surface area contributed by atoms with Gasteiger partial charge >= 0.3 is 0 Å². The fourth-order valence-corrected chi connectivity index (χ4v) is 3.91. The maximum Gasteiger partial charge on any atom is 0.263 e. The highest BCUT2D eigenvalue weighted by Gasteiger charge is 2.25. The Kier molecular flexibility index (Phi) is 4.05. The van der Waals surface area contributed by atoms with Gasteiger partial charge in [-0.1, -0.05) is 18.2 Å². The molecule has 1 aliphatic rings. The normalized spacial score (nSPS) is 16.2. The van der Waals surface area contributed by atoms with E-state index in [1.54, 1.807) is 0 Å². The molecule has 0 saturated carbocycles. The van der Waals surface area contributed by atoms with Gasteiger partial charge in [0, 0.05) is 12.0 Å². The first-order valence-corrected chi connectivity index (χ1v) is 9.00. The third kappa shape index (κ3) is 3.05. The van der Waals surface area contributed by atoms with Crippen molar-refractivity contribution in [1.29, 1.82) is 0 Å². The Hall–Kier alpha value is -2.60. The number of hydrogen-bond donors (Lipinski definition) is 1. The largest absolute Gasteiger partial charge is 0.493 e. The lowest BCUT2D eigenvalue weighted by molar-refractivity contribution is 0.0928.